The van der Waals surface area contributed by atoms with Crippen molar-refractivity contribution in [3.63, 3.8) is 0 Å². The number of aliphatic hydroxyl groups excluding tert-OH is 1. The molecule has 1 saturated heterocycles. The molecule has 67 heavy (non-hydrogen) atoms. The smallest absolute Gasteiger partial charge is 0.328 e. The number of phenolic OH excluding ortho intramolecular Hbond substituents is 1. The molecule has 7 atom stereocenters. The van der Waals surface area contributed by atoms with Gasteiger partial charge in [0, 0.05) is 25.9 Å². The molecule has 0 saturated carbocycles. The fraction of sp³-hybridized carbons (Fsp3) is 0.523. The normalized spacial score (nSPS) is 15.9. The van der Waals surface area contributed by atoms with Gasteiger partial charge in [0.25, 0.3) is 0 Å². The molecule has 1 fully saturated rings. The van der Waals surface area contributed by atoms with Crippen LogP contribution in [0, 0.1) is 5.92 Å². The fourth-order valence-electron chi connectivity index (χ4n) is 7.11. The van der Waals surface area contributed by atoms with E-state index < -0.39 is 84.4 Å². The van der Waals surface area contributed by atoms with Gasteiger partial charge in [-0.15, -0.1) is 0 Å². The summed E-state index contributed by atoms with van der Waals surface area (Å²) in [7, 11) is 0. The molecule has 2 aromatic rings. The summed E-state index contributed by atoms with van der Waals surface area (Å²) in [5, 5.41) is 47.9. The van der Waals surface area contributed by atoms with E-state index in [2.05, 4.69) is 47.2 Å². The van der Waals surface area contributed by atoms with Crippen LogP contribution >= 0.6 is 0 Å². The SMILES string of the molecule is CC(C)CC(NC(=O)C(CCCN=C(N)N)NC(=O)C1CCCN1)C(=O)NC(CCCN=C(N)N)C(=O)NC(Cc1ccccc1)C(=O)NC(Cc1ccc(O)cc1)C(=O)NC(CO)C(=O)O. The van der Waals surface area contributed by atoms with E-state index in [1.54, 1.807) is 30.3 Å². The van der Waals surface area contributed by atoms with Crippen LogP contribution in [0.2, 0.25) is 0 Å². The maximum Gasteiger partial charge on any atom is 0.328 e. The van der Waals surface area contributed by atoms with Crippen molar-refractivity contribution in [2.75, 3.05) is 26.2 Å². The number of carboxylic acids is 1. The Kier molecular flexibility index (Phi) is 22.8. The number of phenols is 1. The topological polar surface area (TPSA) is 393 Å². The maximum absolute atomic E-state index is 14.4. The molecule has 18 N–H and O–H groups in total. The number of hydrogen-bond acceptors (Lipinski definition) is 12. The number of guanidine groups is 2. The number of aliphatic imine (C=N–C) groups is 2. The number of aliphatic hydroxyl groups is 1. The predicted molar refractivity (Wildman–Crippen MR) is 249 cm³/mol. The average molecular weight is 938 g/mol. The van der Waals surface area contributed by atoms with Crippen molar-refractivity contribution in [1.82, 2.24) is 37.2 Å². The van der Waals surface area contributed by atoms with Crippen molar-refractivity contribution in [3.05, 3.63) is 65.7 Å². The van der Waals surface area contributed by atoms with E-state index in [-0.39, 0.29) is 81.1 Å². The predicted octanol–water partition coefficient (Wildman–Crippen LogP) is -2.93. The molecule has 23 nitrogen and oxygen atoms in total. The molecular formula is C44H67N13O10. The number of hydrogen-bond donors (Lipinski definition) is 14. The van der Waals surface area contributed by atoms with Gasteiger partial charge in [0.05, 0.1) is 12.6 Å². The number of carboxylic acid groups (broad SMARTS) is 1. The maximum atomic E-state index is 14.4. The zero-order valence-corrected chi connectivity index (χ0v) is 37.9. The van der Waals surface area contributed by atoms with Gasteiger partial charge in [0.1, 0.15) is 42.0 Å². The van der Waals surface area contributed by atoms with Gasteiger partial charge in [-0.1, -0.05) is 56.3 Å². The highest BCUT2D eigenvalue weighted by Crippen LogP contribution is 2.14. The summed E-state index contributed by atoms with van der Waals surface area (Å²) < 4.78 is 0. The summed E-state index contributed by atoms with van der Waals surface area (Å²) in [5.41, 5.74) is 23.1. The van der Waals surface area contributed by atoms with Crippen LogP contribution in [0.15, 0.2) is 64.6 Å². The van der Waals surface area contributed by atoms with Crippen LogP contribution in [0.5, 0.6) is 5.75 Å². The van der Waals surface area contributed by atoms with Crippen molar-refractivity contribution in [3.8, 4) is 5.75 Å². The number of rotatable bonds is 28. The van der Waals surface area contributed by atoms with E-state index in [0.29, 0.717) is 30.5 Å². The molecule has 0 radical (unpaired) electrons. The molecule has 2 aromatic carbocycles. The zero-order chi connectivity index (χ0) is 49.5. The lowest BCUT2D eigenvalue weighted by atomic mass is 10.00. The lowest BCUT2D eigenvalue weighted by Gasteiger charge is -2.28. The first kappa shape index (κ1) is 54.3. The van der Waals surface area contributed by atoms with Crippen LogP contribution in [-0.2, 0) is 46.4 Å². The van der Waals surface area contributed by atoms with E-state index in [4.69, 9.17) is 22.9 Å². The Morgan fingerprint density at radius 3 is 1.55 bits per heavy atom. The summed E-state index contributed by atoms with van der Waals surface area (Å²) in [5.74, 6) is -6.46. The molecule has 0 aliphatic carbocycles. The number of carbonyl (C=O) groups is 7. The Bertz CT molecular complexity index is 2010. The van der Waals surface area contributed by atoms with E-state index in [1.807, 2.05) is 13.8 Å². The third-order valence-corrected chi connectivity index (χ3v) is 10.6. The molecule has 1 heterocycles. The lowest BCUT2D eigenvalue weighted by Crippen LogP contribution is -2.60. The number of carbonyl (C=O) groups excluding carboxylic acids is 6. The fourth-order valence-corrected chi connectivity index (χ4v) is 7.11. The molecule has 368 valence electrons. The second kappa shape index (κ2) is 28.1. The van der Waals surface area contributed by atoms with Gasteiger partial charge >= 0.3 is 5.97 Å². The second-order valence-corrected chi connectivity index (χ2v) is 16.6. The van der Waals surface area contributed by atoms with Gasteiger partial charge in [-0.25, -0.2) is 4.79 Å². The number of nitrogens with zero attached hydrogens (tertiary/aromatic N) is 2. The van der Waals surface area contributed by atoms with Crippen molar-refractivity contribution in [2.45, 2.75) is 114 Å². The Morgan fingerprint density at radius 1 is 0.642 bits per heavy atom. The van der Waals surface area contributed by atoms with Crippen LogP contribution in [0.25, 0.3) is 0 Å². The molecule has 0 spiro atoms. The molecule has 0 bridgehead atoms. The van der Waals surface area contributed by atoms with Crippen LogP contribution in [0.3, 0.4) is 0 Å². The quantitative estimate of drug-likeness (QED) is 0.0231. The van der Waals surface area contributed by atoms with Crippen molar-refractivity contribution in [2.24, 2.45) is 38.8 Å². The number of aliphatic carboxylic acids is 1. The molecule has 23 heteroatoms. The third-order valence-electron chi connectivity index (χ3n) is 10.6. The Balaban J connectivity index is 1.94. The van der Waals surface area contributed by atoms with Crippen LogP contribution in [-0.4, -0.2) is 137 Å². The average Bonchev–Trinajstić information content (AvgIpc) is 3.83. The minimum Gasteiger partial charge on any atom is -0.508 e. The Hall–Kier alpha value is -7.01. The number of nitrogens with one attached hydrogen (secondary N) is 7. The lowest BCUT2D eigenvalue weighted by molar-refractivity contribution is -0.143. The molecule has 1 aliphatic heterocycles. The first-order valence-electron chi connectivity index (χ1n) is 22.2. The molecule has 7 unspecified atom stereocenters. The highest BCUT2D eigenvalue weighted by Gasteiger charge is 2.34. The van der Waals surface area contributed by atoms with Crippen LogP contribution in [0.4, 0.5) is 0 Å². The van der Waals surface area contributed by atoms with Crippen LogP contribution in [0.1, 0.15) is 69.9 Å². The van der Waals surface area contributed by atoms with Gasteiger partial charge in [-0.2, -0.15) is 0 Å². The van der Waals surface area contributed by atoms with E-state index >= 15 is 0 Å². The third kappa shape index (κ3) is 20.0. The summed E-state index contributed by atoms with van der Waals surface area (Å²) in [6.07, 6.45) is 1.79. The van der Waals surface area contributed by atoms with E-state index in [1.165, 1.54) is 24.3 Å². The highest BCUT2D eigenvalue weighted by molar-refractivity contribution is 5.97. The minimum atomic E-state index is -1.70. The van der Waals surface area contributed by atoms with Gasteiger partial charge in [0.15, 0.2) is 11.9 Å². The molecule has 6 amide bonds. The van der Waals surface area contributed by atoms with E-state index in [9.17, 15) is 48.9 Å². The Labute approximate surface area is 389 Å². The van der Waals surface area contributed by atoms with E-state index in [0.717, 1.165) is 6.42 Å². The molecule has 3 rings (SSSR count). The molecule has 0 aromatic heterocycles. The number of nitrogens with two attached hydrogens (primary N) is 4. The van der Waals surface area contributed by atoms with Crippen LogP contribution < -0.4 is 60.2 Å². The Morgan fingerprint density at radius 2 is 1.09 bits per heavy atom. The van der Waals surface area contributed by atoms with Gasteiger partial charge < -0.3 is 75.5 Å². The van der Waals surface area contributed by atoms with Crippen molar-refractivity contribution < 1.29 is 48.9 Å². The number of aromatic hydroxyl groups is 1. The zero-order valence-electron chi connectivity index (χ0n) is 37.9. The monoisotopic (exact) mass is 938 g/mol. The summed E-state index contributed by atoms with van der Waals surface area (Å²) in [6, 6.07) is 5.69. The number of amides is 6. The van der Waals surface area contributed by atoms with Crippen molar-refractivity contribution in [1.29, 1.82) is 0 Å². The molecule has 1 aliphatic rings. The highest BCUT2D eigenvalue weighted by atomic mass is 16.4. The summed E-state index contributed by atoms with van der Waals surface area (Å²) in [6.45, 7) is 3.62. The summed E-state index contributed by atoms with van der Waals surface area (Å²) in [4.78, 5) is 103. The number of benzene rings is 2. The van der Waals surface area contributed by atoms with Gasteiger partial charge in [0.2, 0.25) is 35.4 Å². The first-order valence-corrected chi connectivity index (χ1v) is 22.2. The molecular weight excluding hydrogens is 871 g/mol. The largest absolute Gasteiger partial charge is 0.508 e. The first-order chi connectivity index (χ1) is 31.9. The second-order valence-electron chi connectivity index (χ2n) is 16.6. The summed E-state index contributed by atoms with van der Waals surface area (Å²) >= 11 is 0. The van der Waals surface area contributed by atoms with Gasteiger partial charge in [-0.05, 0) is 80.7 Å². The standard InChI is InChI=1S/C44H67N13O10/c1-25(2)21-32(54-37(61)30(12-7-19-50-43(45)46)52-36(60)29-11-6-18-49-29)39(63)53-31(13-8-20-51-44(47)48)38(62)55-33(22-26-9-4-3-5-10-26)40(64)56-34(23-27-14-16-28(59)17-15-27)41(65)57-35(24-58)42(66)67/h3-5,9-10,14-17,25,29-35,49,58-59H,6-8,11-13,18-24H2,1-2H3,(H,52,60)(H,53,63)(H,54,61)(H,55,62)(H,56,64)(H,57,65)(H,66,67)(H4,45,46,50)(H4,47,48,51). The van der Waals surface area contributed by atoms with Crippen molar-refractivity contribution >= 4 is 53.3 Å². The van der Waals surface area contributed by atoms with Gasteiger partial charge in [-0.3, -0.25) is 38.8 Å². The minimum absolute atomic E-state index is 0.0438.